The Morgan fingerprint density at radius 3 is 2.64 bits per heavy atom. The molecule has 1 amide bonds. The highest BCUT2D eigenvalue weighted by Gasteiger charge is 2.19. The van der Waals surface area contributed by atoms with Crippen LogP contribution in [-0.4, -0.2) is 48.3 Å². The van der Waals surface area contributed by atoms with Gasteiger partial charge in [0, 0.05) is 36.4 Å². The van der Waals surface area contributed by atoms with Crippen LogP contribution >= 0.6 is 11.6 Å². The smallest absolute Gasteiger partial charge is 0.255 e. The number of benzene rings is 1. The maximum absolute atomic E-state index is 12.6. The maximum atomic E-state index is 12.6. The van der Waals surface area contributed by atoms with Crippen LogP contribution < -0.4 is 15.8 Å². The molecule has 1 N–H and O–H groups in total. The van der Waals surface area contributed by atoms with Gasteiger partial charge in [0.2, 0.25) is 11.9 Å². The SMILES string of the molecule is CCc1cc(=O)n(CC(=O)NCCc2ccc(Cl)cc2)c(N2CCOCC2)n1. The van der Waals surface area contributed by atoms with Crippen LogP contribution in [0.4, 0.5) is 5.95 Å². The summed E-state index contributed by atoms with van der Waals surface area (Å²) in [6, 6.07) is 9.03. The summed E-state index contributed by atoms with van der Waals surface area (Å²) in [6.45, 7) is 4.86. The minimum atomic E-state index is -0.211. The lowest BCUT2D eigenvalue weighted by Gasteiger charge is -2.29. The lowest BCUT2D eigenvalue weighted by Crippen LogP contribution is -2.42. The molecule has 1 aromatic heterocycles. The number of aromatic nitrogens is 2. The zero-order chi connectivity index (χ0) is 19.9. The van der Waals surface area contributed by atoms with Gasteiger partial charge in [0.05, 0.1) is 13.2 Å². The van der Waals surface area contributed by atoms with Crippen molar-refractivity contribution in [1.82, 2.24) is 14.9 Å². The molecule has 0 saturated carbocycles. The van der Waals surface area contributed by atoms with E-state index in [-0.39, 0.29) is 18.0 Å². The minimum absolute atomic E-state index is 0.0524. The number of nitrogens with one attached hydrogen (secondary N) is 1. The number of morpholine rings is 1. The predicted octanol–water partition coefficient (Wildman–Crippen LogP) is 1.65. The number of hydrogen-bond donors (Lipinski definition) is 1. The molecule has 8 heteroatoms. The Labute approximate surface area is 169 Å². The highest BCUT2D eigenvalue weighted by Crippen LogP contribution is 2.13. The van der Waals surface area contributed by atoms with Crippen molar-refractivity contribution in [3.8, 4) is 0 Å². The number of aryl methyl sites for hydroxylation is 1. The third-order valence-electron chi connectivity index (χ3n) is 4.65. The molecule has 0 atom stereocenters. The molecule has 0 bridgehead atoms. The van der Waals surface area contributed by atoms with Crippen LogP contribution in [0, 0.1) is 0 Å². The predicted molar refractivity (Wildman–Crippen MR) is 109 cm³/mol. The Morgan fingerprint density at radius 2 is 1.96 bits per heavy atom. The molecule has 28 heavy (non-hydrogen) atoms. The van der Waals surface area contributed by atoms with Gasteiger partial charge < -0.3 is 15.0 Å². The zero-order valence-electron chi connectivity index (χ0n) is 16.0. The van der Waals surface area contributed by atoms with E-state index in [1.807, 2.05) is 36.1 Å². The van der Waals surface area contributed by atoms with E-state index in [0.29, 0.717) is 56.7 Å². The lowest BCUT2D eigenvalue weighted by molar-refractivity contribution is -0.121. The van der Waals surface area contributed by atoms with Crippen LogP contribution in [0.2, 0.25) is 5.02 Å². The Bertz CT molecular complexity index is 861. The number of anilines is 1. The number of amides is 1. The monoisotopic (exact) mass is 404 g/mol. The highest BCUT2D eigenvalue weighted by molar-refractivity contribution is 6.30. The van der Waals surface area contributed by atoms with Crippen LogP contribution in [0.25, 0.3) is 0 Å². The summed E-state index contributed by atoms with van der Waals surface area (Å²) in [7, 11) is 0. The summed E-state index contributed by atoms with van der Waals surface area (Å²) < 4.78 is 6.83. The van der Waals surface area contributed by atoms with E-state index in [2.05, 4.69) is 10.3 Å². The highest BCUT2D eigenvalue weighted by atomic mass is 35.5. The number of carbonyl (C=O) groups excluding carboxylic acids is 1. The maximum Gasteiger partial charge on any atom is 0.255 e. The van der Waals surface area contributed by atoms with Crippen LogP contribution in [0.15, 0.2) is 35.1 Å². The summed E-state index contributed by atoms with van der Waals surface area (Å²) in [5.74, 6) is 0.331. The van der Waals surface area contributed by atoms with Crippen LogP contribution in [0.1, 0.15) is 18.2 Å². The molecule has 1 aliphatic rings. The molecule has 2 aromatic rings. The van der Waals surface area contributed by atoms with Gasteiger partial charge in [0.15, 0.2) is 0 Å². The Hall–Kier alpha value is -2.38. The average Bonchev–Trinajstić information content (AvgIpc) is 2.71. The van der Waals surface area contributed by atoms with Crippen molar-refractivity contribution in [2.24, 2.45) is 0 Å². The van der Waals surface area contributed by atoms with E-state index in [4.69, 9.17) is 16.3 Å². The van der Waals surface area contributed by atoms with E-state index in [9.17, 15) is 9.59 Å². The second-order valence-electron chi connectivity index (χ2n) is 6.65. The fourth-order valence-corrected chi connectivity index (χ4v) is 3.20. The van der Waals surface area contributed by atoms with E-state index < -0.39 is 0 Å². The standard InChI is InChI=1S/C20H25ClN4O3/c1-2-17-13-19(27)25(20(23-17)24-9-11-28-12-10-24)14-18(26)22-8-7-15-3-5-16(21)6-4-15/h3-6,13H,2,7-12,14H2,1H3,(H,22,26). The van der Waals surface area contributed by atoms with Gasteiger partial charge in [-0.25, -0.2) is 4.98 Å². The Morgan fingerprint density at radius 1 is 1.25 bits per heavy atom. The first-order valence-corrected chi connectivity index (χ1v) is 9.89. The van der Waals surface area contributed by atoms with Crippen molar-refractivity contribution < 1.29 is 9.53 Å². The first-order chi connectivity index (χ1) is 13.6. The van der Waals surface area contributed by atoms with Gasteiger partial charge in [-0.15, -0.1) is 0 Å². The molecule has 7 nitrogen and oxygen atoms in total. The van der Waals surface area contributed by atoms with Crippen molar-refractivity contribution in [1.29, 1.82) is 0 Å². The molecule has 150 valence electrons. The number of rotatable bonds is 7. The third-order valence-corrected chi connectivity index (χ3v) is 4.90. The van der Waals surface area contributed by atoms with E-state index >= 15 is 0 Å². The molecule has 3 rings (SSSR count). The normalized spacial score (nSPS) is 14.1. The second-order valence-corrected chi connectivity index (χ2v) is 7.09. The van der Waals surface area contributed by atoms with Crippen molar-refractivity contribution in [3.63, 3.8) is 0 Å². The topological polar surface area (TPSA) is 76.5 Å². The van der Waals surface area contributed by atoms with Gasteiger partial charge in [-0.3, -0.25) is 14.2 Å². The molecule has 1 saturated heterocycles. The molecule has 0 aliphatic carbocycles. The number of nitrogens with zero attached hydrogens (tertiary/aromatic N) is 3. The number of ether oxygens (including phenoxy) is 1. The zero-order valence-corrected chi connectivity index (χ0v) is 16.7. The number of carbonyl (C=O) groups is 1. The first kappa shape index (κ1) is 20.4. The minimum Gasteiger partial charge on any atom is -0.378 e. The molecular formula is C20H25ClN4O3. The summed E-state index contributed by atoms with van der Waals surface area (Å²) in [5.41, 5.74) is 1.61. The first-order valence-electron chi connectivity index (χ1n) is 9.51. The average molecular weight is 405 g/mol. The molecule has 0 radical (unpaired) electrons. The van der Waals surface area contributed by atoms with Gasteiger partial charge in [0.1, 0.15) is 6.54 Å². The van der Waals surface area contributed by atoms with E-state index in [1.165, 1.54) is 10.6 Å². The van der Waals surface area contributed by atoms with Gasteiger partial charge >= 0.3 is 0 Å². The molecule has 2 heterocycles. The van der Waals surface area contributed by atoms with E-state index in [1.54, 1.807) is 0 Å². The Kier molecular flexibility index (Phi) is 7.06. The summed E-state index contributed by atoms with van der Waals surface area (Å²) in [6.07, 6.45) is 1.36. The van der Waals surface area contributed by atoms with Gasteiger partial charge in [-0.2, -0.15) is 0 Å². The molecule has 0 unspecified atom stereocenters. The van der Waals surface area contributed by atoms with Gasteiger partial charge in [-0.05, 0) is 30.5 Å². The van der Waals surface area contributed by atoms with Crippen LogP contribution in [0.5, 0.6) is 0 Å². The van der Waals surface area contributed by atoms with Gasteiger partial charge in [-0.1, -0.05) is 30.7 Å². The molecule has 1 fully saturated rings. The quantitative estimate of drug-likeness (QED) is 0.759. The lowest BCUT2D eigenvalue weighted by atomic mass is 10.1. The van der Waals surface area contributed by atoms with Crippen LogP contribution in [0.3, 0.4) is 0 Å². The molecular weight excluding hydrogens is 380 g/mol. The van der Waals surface area contributed by atoms with Crippen LogP contribution in [-0.2, 0) is 28.9 Å². The van der Waals surface area contributed by atoms with Crippen molar-refractivity contribution in [3.05, 3.63) is 57.0 Å². The number of hydrogen-bond acceptors (Lipinski definition) is 5. The summed E-state index contributed by atoms with van der Waals surface area (Å²) in [4.78, 5) is 31.6. The fourth-order valence-electron chi connectivity index (χ4n) is 3.07. The number of halogens is 1. The second kappa shape index (κ2) is 9.71. The molecule has 1 aromatic carbocycles. The summed E-state index contributed by atoms with van der Waals surface area (Å²) in [5, 5.41) is 3.56. The van der Waals surface area contributed by atoms with Crippen molar-refractivity contribution in [2.75, 3.05) is 37.7 Å². The van der Waals surface area contributed by atoms with E-state index in [0.717, 1.165) is 11.3 Å². The van der Waals surface area contributed by atoms with Gasteiger partial charge in [0.25, 0.3) is 5.56 Å². The van der Waals surface area contributed by atoms with Crippen molar-refractivity contribution in [2.45, 2.75) is 26.3 Å². The largest absolute Gasteiger partial charge is 0.378 e. The molecule has 0 spiro atoms. The Balaban J connectivity index is 1.67. The molecule has 1 aliphatic heterocycles. The summed E-state index contributed by atoms with van der Waals surface area (Å²) >= 11 is 5.88. The third kappa shape index (κ3) is 5.33. The van der Waals surface area contributed by atoms with Crippen molar-refractivity contribution >= 4 is 23.5 Å². The fraction of sp³-hybridized carbons (Fsp3) is 0.450.